The Kier molecular flexibility index (Phi) is 6.67. The van der Waals surface area contributed by atoms with Crippen molar-refractivity contribution in [2.24, 2.45) is 0 Å². The maximum Gasteiger partial charge on any atom is 0.355 e. The van der Waals surface area contributed by atoms with Gasteiger partial charge < -0.3 is 14.8 Å². The highest BCUT2D eigenvalue weighted by molar-refractivity contribution is 6.31. The summed E-state index contributed by atoms with van der Waals surface area (Å²) in [5.41, 5.74) is 5.03. The molecule has 0 radical (unpaired) electrons. The second-order valence-corrected chi connectivity index (χ2v) is 6.39. The summed E-state index contributed by atoms with van der Waals surface area (Å²) in [6.45, 7) is 0. The van der Waals surface area contributed by atoms with Crippen molar-refractivity contribution >= 4 is 40.5 Å². The molecule has 1 aromatic heterocycles. The summed E-state index contributed by atoms with van der Waals surface area (Å²) >= 11 is 6.01. The van der Waals surface area contributed by atoms with E-state index >= 15 is 0 Å². The zero-order valence-corrected chi connectivity index (χ0v) is 17.1. The summed E-state index contributed by atoms with van der Waals surface area (Å²) in [5, 5.41) is 14.9. The van der Waals surface area contributed by atoms with E-state index in [9.17, 15) is 14.9 Å². The summed E-state index contributed by atoms with van der Waals surface area (Å²) in [4.78, 5) is 31.1. The van der Waals surface area contributed by atoms with Crippen molar-refractivity contribution in [3.05, 3.63) is 69.5 Å². The van der Waals surface area contributed by atoms with Gasteiger partial charge in [0.1, 0.15) is 17.8 Å². The first kappa shape index (κ1) is 21.6. The molecule has 0 spiro atoms. The first-order valence-electron chi connectivity index (χ1n) is 8.73. The smallest absolute Gasteiger partial charge is 0.355 e. The van der Waals surface area contributed by atoms with E-state index in [1.807, 2.05) is 0 Å². The number of hydrogen-bond acceptors (Lipinski definition) is 9. The van der Waals surface area contributed by atoms with Crippen molar-refractivity contribution in [3.8, 4) is 11.5 Å². The van der Waals surface area contributed by atoms with Crippen molar-refractivity contribution < 1.29 is 19.2 Å². The molecule has 3 aromatic rings. The van der Waals surface area contributed by atoms with Crippen LogP contribution in [0.4, 0.5) is 23.0 Å². The number of methoxy groups -OCH3 is 2. The molecule has 0 aliphatic carbocycles. The predicted octanol–water partition coefficient (Wildman–Crippen LogP) is 3.56. The molecule has 0 saturated heterocycles. The lowest BCUT2D eigenvalue weighted by molar-refractivity contribution is -0.383. The van der Waals surface area contributed by atoms with E-state index in [0.29, 0.717) is 27.8 Å². The minimum atomic E-state index is -0.679. The average Bonchev–Trinajstić information content (AvgIpc) is 2.77. The highest BCUT2D eigenvalue weighted by atomic mass is 35.5. The van der Waals surface area contributed by atoms with Gasteiger partial charge in [-0.2, -0.15) is 0 Å². The molecule has 0 unspecified atom stereocenters. The van der Waals surface area contributed by atoms with Crippen molar-refractivity contribution in [3.63, 3.8) is 0 Å². The molecule has 31 heavy (non-hydrogen) atoms. The van der Waals surface area contributed by atoms with E-state index in [-0.39, 0.29) is 11.6 Å². The minimum absolute atomic E-state index is 0.123. The number of hydrazine groups is 1. The van der Waals surface area contributed by atoms with E-state index in [0.717, 1.165) is 6.33 Å². The van der Waals surface area contributed by atoms with Crippen LogP contribution >= 0.6 is 11.6 Å². The highest BCUT2D eigenvalue weighted by Gasteiger charge is 2.24. The monoisotopic (exact) mass is 444 g/mol. The number of amides is 1. The first-order valence-corrected chi connectivity index (χ1v) is 9.11. The number of aromatic nitrogens is 2. The van der Waals surface area contributed by atoms with E-state index in [4.69, 9.17) is 21.1 Å². The van der Waals surface area contributed by atoms with Gasteiger partial charge in [0.2, 0.25) is 11.6 Å². The number of carbonyl (C=O) groups is 1. The zero-order valence-electron chi connectivity index (χ0n) is 16.4. The zero-order chi connectivity index (χ0) is 22.4. The third kappa shape index (κ3) is 5.08. The van der Waals surface area contributed by atoms with Gasteiger partial charge in [-0.25, -0.2) is 9.97 Å². The van der Waals surface area contributed by atoms with Crippen LogP contribution in [-0.2, 0) is 0 Å². The van der Waals surface area contributed by atoms with E-state index in [2.05, 4.69) is 26.1 Å². The molecule has 1 heterocycles. The lowest BCUT2D eigenvalue weighted by Crippen LogP contribution is -2.30. The first-order chi connectivity index (χ1) is 14.9. The Morgan fingerprint density at radius 1 is 1.06 bits per heavy atom. The normalized spacial score (nSPS) is 10.2. The molecule has 12 heteroatoms. The number of hydrogen-bond donors (Lipinski definition) is 3. The predicted molar refractivity (Wildman–Crippen MR) is 114 cm³/mol. The number of benzene rings is 2. The lowest BCUT2D eigenvalue weighted by atomic mass is 10.2. The van der Waals surface area contributed by atoms with Gasteiger partial charge in [0.05, 0.1) is 24.8 Å². The number of anilines is 3. The Morgan fingerprint density at radius 3 is 2.42 bits per heavy atom. The molecule has 2 aromatic carbocycles. The molecule has 0 aliphatic heterocycles. The SMILES string of the molecule is COc1ccc(C(=O)NNc2ncnc(Nc3cc(Cl)ccc3OC)c2[N+](=O)[O-])cc1. The number of nitrogens with zero attached hydrogens (tertiary/aromatic N) is 3. The molecule has 160 valence electrons. The van der Waals surface area contributed by atoms with Crippen LogP contribution in [-0.4, -0.2) is 35.0 Å². The van der Waals surface area contributed by atoms with Crippen LogP contribution in [0.15, 0.2) is 48.8 Å². The summed E-state index contributed by atoms with van der Waals surface area (Å²) < 4.78 is 10.3. The topological polar surface area (TPSA) is 141 Å². The molecular weight excluding hydrogens is 428 g/mol. The van der Waals surface area contributed by atoms with Crippen LogP contribution in [0, 0.1) is 10.1 Å². The van der Waals surface area contributed by atoms with Crippen molar-refractivity contribution in [1.82, 2.24) is 15.4 Å². The van der Waals surface area contributed by atoms with E-state index < -0.39 is 16.5 Å². The number of halogens is 1. The highest BCUT2D eigenvalue weighted by Crippen LogP contribution is 2.35. The maximum absolute atomic E-state index is 12.3. The lowest BCUT2D eigenvalue weighted by Gasteiger charge is -2.13. The van der Waals surface area contributed by atoms with Crippen LogP contribution in [0.5, 0.6) is 11.5 Å². The second-order valence-electron chi connectivity index (χ2n) is 5.95. The van der Waals surface area contributed by atoms with Crippen LogP contribution in [0.2, 0.25) is 5.02 Å². The summed E-state index contributed by atoms with van der Waals surface area (Å²) in [7, 11) is 2.96. The summed E-state index contributed by atoms with van der Waals surface area (Å²) in [5.74, 6) is 0.122. The molecule has 0 aliphatic rings. The van der Waals surface area contributed by atoms with Crippen LogP contribution in [0.1, 0.15) is 10.4 Å². The largest absolute Gasteiger partial charge is 0.497 e. The van der Waals surface area contributed by atoms with Crippen molar-refractivity contribution in [1.29, 1.82) is 0 Å². The number of rotatable bonds is 8. The molecule has 3 rings (SSSR count). The molecule has 0 atom stereocenters. The second kappa shape index (κ2) is 9.59. The molecule has 0 bridgehead atoms. The molecular formula is C19H17ClN6O5. The summed E-state index contributed by atoms with van der Waals surface area (Å²) in [6.07, 6.45) is 1.11. The third-order valence-corrected chi connectivity index (χ3v) is 4.30. The van der Waals surface area contributed by atoms with Crippen LogP contribution in [0.25, 0.3) is 0 Å². The fourth-order valence-corrected chi connectivity index (χ4v) is 2.74. The Hall–Kier alpha value is -4.12. The van der Waals surface area contributed by atoms with Gasteiger partial charge in [-0.3, -0.25) is 25.8 Å². The number of nitrogens with one attached hydrogen (secondary N) is 3. The molecule has 0 saturated carbocycles. The molecule has 0 fully saturated rings. The molecule has 3 N–H and O–H groups in total. The Balaban J connectivity index is 1.84. The van der Waals surface area contributed by atoms with Gasteiger partial charge in [-0.15, -0.1) is 0 Å². The number of carbonyl (C=O) groups excluding carboxylic acids is 1. The van der Waals surface area contributed by atoms with Gasteiger partial charge >= 0.3 is 5.69 Å². The van der Waals surface area contributed by atoms with E-state index in [1.54, 1.807) is 36.4 Å². The van der Waals surface area contributed by atoms with Crippen molar-refractivity contribution in [2.45, 2.75) is 0 Å². The molecule has 11 nitrogen and oxygen atoms in total. The Morgan fingerprint density at radius 2 is 1.77 bits per heavy atom. The maximum atomic E-state index is 12.3. The fourth-order valence-electron chi connectivity index (χ4n) is 2.57. The van der Waals surface area contributed by atoms with Gasteiger partial charge in [0.15, 0.2) is 0 Å². The fraction of sp³-hybridized carbons (Fsp3) is 0.105. The molecule has 1 amide bonds. The van der Waals surface area contributed by atoms with Crippen molar-refractivity contribution in [2.75, 3.05) is 25.0 Å². The minimum Gasteiger partial charge on any atom is -0.497 e. The number of ether oxygens (including phenoxy) is 2. The third-order valence-electron chi connectivity index (χ3n) is 4.07. The quantitative estimate of drug-likeness (QED) is 0.351. The average molecular weight is 445 g/mol. The van der Waals surface area contributed by atoms with Gasteiger partial charge in [-0.1, -0.05) is 11.6 Å². The standard InChI is InChI=1S/C19H17ClN6O5/c1-30-13-6-3-11(4-7-13)19(27)25-24-18-16(26(28)29)17(21-10-22-18)23-14-9-12(20)5-8-15(14)31-2/h3-10H,1-2H3,(H,25,27)(H2,21,22,23,24). The number of nitro groups is 1. The van der Waals surface area contributed by atoms with Gasteiger partial charge in [-0.05, 0) is 42.5 Å². The van der Waals surface area contributed by atoms with Gasteiger partial charge in [0, 0.05) is 10.6 Å². The summed E-state index contributed by atoms with van der Waals surface area (Å²) in [6, 6.07) is 11.1. The Labute approximate surface area is 181 Å². The van der Waals surface area contributed by atoms with E-state index in [1.165, 1.54) is 20.3 Å². The Bertz CT molecular complexity index is 1110. The van der Waals surface area contributed by atoms with Gasteiger partial charge in [0.25, 0.3) is 5.91 Å². The van der Waals surface area contributed by atoms with Crippen LogP contribution < -0.4 is 25.6 Å². The van der Waals surface area contributed by atoms with Crippen LogP contribution in [0.3, 0.4) is 0 Å².